The number of thioether (sulfide) groups is 1. The molecule has 0 unspecified atom stereocenters. The van der Waals surface area contributed by atoms with Crippen molar-refractivity contribution in [2.45, 2.75) is 13.3 Å². The summed E-state index contributed by atoms with van der Waals surface area (Å²) in [7, 11) is 0. The van der Waals surface area contributed by atoms with Gasteiger partial charge in [0.05, 0.1) is 11.6 Å². The van der Waals surface area contributed by atoms with Crippen molar-refractivity contribution in [3.63, 3.8) is 0 Å². The molecule has 0 radical (unpaired) electrons. The molecular weight excluding hydrogens is 358 g/mol. The summed E-state index contributed by atoms with van der Waals surface area (Å²) in [5.74, 6) is -0.0816. The first-order valence-corrected chi connectivity index (χ1v) is 9.05. The number of ether oxygens (including phenoxy) is 1. The minimum Gasteiger partial charge on any atom is -0.492 e. The Hall–Kier alpha value is -2.24. The largest absolute Gasteiger partial charge is 0.492 e. The predicted molar refractivity (Wildman–Crippen MR) is 101 cm³/mol. The van der Waals surface area contributed by atoms with Crippen LogP contribution >= 0.6 is 23.4 Å². The molecule has 3 aliphatic rings. The van der Waals surface area contributed by atoms with Gasteiger partial charge in [-0.1, -0.05) is 54.9 Å². The number of benzene rings is 2. The number of carbonyl (C=O) groups is 2. The minimum atomic E-state index is -0.443. The van der Waals surface area contributed by atoms with E-state index in [-0.39, 0.29) is 4.91 Å². The third-order valence-electron chi connectivity index (χ3n) is 3.61. The quantitative estimate of drug-likeness (QED) is 0.511. The number of halogens is 1. The Kier molecular flexibility index (Phi) is 5.46. The third kappa shape index (κ3) is 3.89. The van der Waals surface area contributed by atoms with Gasteiger partial charge in [-0.15, -0.1) is 0 Å². The molecule has 0 spiro atoms. The Labute approximate surface area is 155 Å². The number of hydrogen-bond acceptors (Lipinski definition) is 4. The number of nitrogens with one attached hydrogen (secondary N) is 1. The molecule has 128 valence electrons. The molecule has 1 aromatic carbocycles. The second kappa shape index (κ2) is 7.76. The third-order valence-corrected chi connectivity index (χ3v) is 4.80. The summed E-state index contributed by atoms with van der Waals surface area (Å²) in [5.41, 5.74) is 3.47. The molecule has 0 saturated carbocycles. The van der Waals surface area contributed by atoms with E-state index in [1.807, 2.05) is 6.92 Å². The van der Waals surface area contributed by atoms with E-state index in [9.17, 15) is 9.59 Å². The molecule has 0 bridgehead atoms. The molecule has 1 heterocycles. The van der Waals surface area contributed by atoms with E-state index in [0.717, 1.165) is 18.2 Å². The summed E-state index contributed by atoms with van der Waals surface area (Å²) in [4.78, 5) is 23.3. The summed E-state index contributed by atoms with van der Waals surface area (Å²) >= 11 is 6.95. The zero-order valence-electron chi connectivity index (χ0n) is 13.5. The van der Waals surface area contributed by atoms with Gasteiger partial charge in [-0.25, -0.2) is 0 Å². The smallest absolute Gasteiger partial charge is 0.291 e. The van der Waals surface area contributed by atoms with Crippen LogP contribution < -0.4 is 5.32 Å². The van der Waals surface area contributed by atoms with Crippen LogP contribution in [0.3, 0.4) is 0 Å². The highest BCUT2D eigenvalue weighted by molar-refractivity contribution is 8.18. The molecule has 1 saturated heterocycles. The van der Waals surface area contributed by atoms with Gasteiger partial charge in [0.25, 0.3) is 11.1 Å². The fourth-order valence-electron chi connectivity index (χ4n) is 2.24. The van der Waals surface area contributed by atoms with Crippen LogP contribution in [-0.4, -0.2) is 17.8 Å². The normalized spacial score (nSPS) is 15.9. The molecule has 1 aliphatic heterocycles. The Balaban J connectivity index is 0.000000250. The lowest BCUT2D eigenvalue weighted by Crippen LogP contribution is -2.18. The Morgan fingerprint density at radius 2 is 1.72 bits per heavy atom. The van der Waals surface area contributed by atoms with Gasteiger partial charge in [-0.3, -0.25) is 14.9 Å². The molecule has 25 heavy (non-hydrogen) atoms. The van der Waals surface area contributed by atoms with Crippen LogP contribution in [0.2, 0.25) is 5.02 Å². The molecule has 4 rings (SSSR count). The Morgan fingerprint density at radius 3 is 2.16 bits per heavy atom. The maximum atomic E-state index is 11.7. The fraction of sp³-hybridized carbons (Fsp3) is 0.158. The van der Waals surface area contributed by atoms with Gasteiger partial charge in [0.1, 0.15) is 10.7 Å². The lowest BCUT2D eigenvalue weighted by atomic mass is 9.95. The van der Waals surface area contributed by atoms with Crippen molar-refractivity contribution in [3.05, 3.63) is 64.0 Å². The number of carbonyl (C=O) groups excluding carboxylic acids is 2. The minimum absolute atomic E-state index is 0.256. The van der Waals surface area contributed by atoms with Crippen LogP contribution in [0.4, 0.5) is 4.79 Å². The van der Waals surface area contributed by atoms with E-state index in [1.54, 1.807) is 24.3 Å². The molecule has 0 atom stereocenters. The number of fused-ring (bicyclic) bond motifs is 1. The van der Waals surface area contributed by atoms with Crippen LogP contribution in [0, 0.1) is 0 Å². The predicted octanol–water partition coefficient (Wildman–Crippen LogP) is 5.09. The van der Waals surface area contributed by atoms with Crippen LogP contribution in [0.25, 0.3) is 16.9 Å². The van der Waals surface area contributed by atoms with Gasteiger partial charge in [-0.05, 0) is 41.4 Å². The lowest BCUT2D eigenvalue weighted by molar-refractivity contribution is -0.115. The van der Waals surface area contributed by atoms with E-state index in [1.165, 1.54) is 11.1 Å². The zero-order chi connectivity index (χ0) is 17.8. The van der Waals surface area contributed by atoms with Crippen molar-refractivity contribution < 1.29 is 14.3 Å². The number of rotatable bonds is 4. The number of hydrogen-bond donors (Lipinski definition) is 1. The lowest BCUT2D eigenvalue weighted by Gasteiger charge is -2.12. The summed E-state index contributed by atoms with van der Waals surface area (Å²) in [6, 6.07) is 15.6. The molecule has 4 nitrogen and oxygen atoms in total. The summed E-state index contributed by atoms with van der Waals surface area (Å²) in [6.07, 6.45) is 0.793. The van der Waals surface area contributed by atoms with Crippen LogP contribution in [0.5, 0.6) is 0 Å². The Bertz CT molecular complexity index is 825. The van der Waals surface area contributed by atoms with Gasteiger partial charge in [0.15, 0.2) is 0 Å². The van der Waals surface area contributed by atoms with E-state index in [4.69, 9.17) is 16.3 Å². The molecule has 0 aromatic heterocycles. The highest BCUT2D eigenvalue weighted by Crippen LogP contribution is 2.35. The fourth-order valence-corrected chi connectivity index (χ4v) is 3.20. The van der Waals surface area contributed by atoms with E-state index < -0.39 is 11.1 Å². The first-order valence-electron chi connectivity index (χ1n) is 7.85. The van der Waals surface area contributed by atoms with Gasteiger partial charge >= 0.3 is 0 Å². The van der Waals surface area contributed by atoms with E-state index >= 15 is 0 Å². The molecular formula is C19H16ClNO3S. The number of amides is 2. The maximum absolute atomic E-state index is 11.7. The van der Waals surface area contributed by atoms with Crippen LogP contribution in [0.1, 0.15) is 18.9 Å². The molecule has 1 N–H and O–H groups in total. The topological polar surface area (TPSA) is 55.4 Å². The van der Waals surface area contributed by atoms with Crippen molar-refractivity contribution in [2.24, 2.45) is 0 Å². The molecule has 6 heteroatoms. The van der Waals surface area contributed by atoms with Crippen molar-refractivity contribution in [1.29, 1.82) is 0 Å². The SMILES string of the molecule is CCCOC(=C1SC(=O)NC1=O)c1ccccc1Cl.c1cc2ccc1-2. The summed E-state index contributed by atoms with van der Waals surface area (Å²) in [5, 5.41) is 2.30. The van der Waals surface area contributed by atoms with E-state index in [2.05, 4.69) is 29.6 Å². The second-order valence-corrected chi connectivity index (χ2v) is 6.80. The first kappa shape index (κ1) is 17.6. The zero-order valence-corrected chi connectivity index (χ0v) is 15.1. The van der Waals surface area contributed by atoms with Crippen molar-refractivity contribution >= 4 is 40.3 Å². The molecule has 1 aromatic rings. The van der Waals surface area contributed by atoms with E-state index in [0.29, 0.717) is 23.0 Å². The maximum Gasteiger partial charge on any atom is 0.291 e. The highest BCUT2D eigenvalue weighted by atomic mass is 35.5. The van der Waals surface area contributed by atoms with Crippen LogP contribution in [0.15, 0.2) is 53.4 Å². The first-order chi connectivity index (χ1) is 12.1. The summed E-state index contributed by atoms with van der Waals surface area (Å²) in [6.45, 7) is 2.41. The van der Waals surface area contributed by atoms with Gasteiger partial charge in [0.2, 0.25) is 0 Å². The van der Waals surface area contributed by atoms with Gasteiger partial charge in [0, 0.05) is 5.56 Å². The van der Waals surface area contributed by atoms with Crippen LogP contribution in [-0.2, 0) is 9.53 Å². The summed E-state index contributed by atoms with van der Waals surface area (Å²) < 4.78 is 5.62. The standard InChI is InChI=1S/C13H12ClNO3S.C6H4/c1-2-7-18-10(8-5-3-4-6-9(8)14)11-12(16)15-13(17)19-11;1-2-6-4-3-5(1)6/h3-6H,2,7H2,1H3,(H,15,16,17);1-4H. The second-order valence-electron chi connectivity index (χ2n) is 5.41. The Morgan fingerprint density at radius 1 is 1.08 bits per heavy atom. The van der Waals surface area contributed by atoms with Crippen molar-refractivity contribution in [1.82, 2.24) is 5.32 Å². The average molecular weight is 374 g/mol. The van der Waals surface area contributed by atoms with Gasteiger partial charge in [-0.2, -0.15) is 0 Å². The van der Waals surface area contributed by atoms with Gasteiger partial charge < -0.3 is 4.74 Å². The monoisotopic (exact) mass is 373 g/mol. The number of imide groups is 1. The molecule has 2 aliphatic carbocycles. The molecule has 1 fully saturated rings. The molecule has 2 amide bonds. The van der Waals surface area contributed by atoms with Crippen molar-refractivity contribution in [2.75, 3.05) is 6.61 Å². The average Bonchev–Trinajstić information content (AvgIpc) is 2.92. The highest BCUT2D eigenvalue weighted by Gasteiger charge is 2.31. The van der Waals surface area contributed by atoms with Crippen molar-refractivity contribution in [3.8, 4) is 11.1 Å².